The van der Waals surface area contributed by atoms with Gasteiger partial charge in [-0.1, -0.05) is 28.1 Å². The molecule has 1 aromatic carbocycles. The van der Waals surface area contributed by atoms with Crippen LogP contribution in [0.25, 0.3) is 0 Å². The second kappa shape index (κ2) is 6.28. The predicted octanol–water partition coefficient (Wildman–Crippen LogP) is 3.09. The highest BCUT2D eigenvalue weighted by atomic mass is 79.9. The summed E-state index contributed by atoms with van der Waals surface area (Å²) in [6.45, 7) is 4.06. The maximum absolute atomic E-state index is 4.30. The van der Waals surface area contributed by atoms with Gasteiger partial charge in [-0.05, 0) is 50.4 Å². The standard InChI is InChI=1S/C16H21BrN4/c1-12-18-19-16(20(12)2)11-21-9-3-4-15(21)10-13-5-7-14(17)8-6-13/h5-8,15H,3-4,9-11H2,1-2H3. The van der Waals surface area contributed by atoms with Gasteiger partial charge in [0.25, 0.3) is 0 Å². The molecule has 0 N–H and O–H groups in total. The van der Waals surface area contributed by atoms with E-state index in [1.165, 1.54) is 18.4 Å². The number of nitrogens with zero attached hydrogens (tertiary/aromatic N) is 4. The lowest BCUT2D eigenvalue weighted by Crippen LogP contribution is -2.31. The second-order valence-corrected chi connectivity index (χ2v) is 6.74. The van der Waals surface area contributed by atoms with E-state index in [1.54, 1.807) is 0 Å². The minimum absolute atomic E-state index is 0.614. The molecule has 2 heterocycles. The Hall–Kier alpha value is -1.20. The van der Waals surface area contributed by atoms with Crippen LogP contribution in [-0.2, 0) is 20.0 Å². The minimum atomic E-state index is 0.614. The van der Waals surface area contributed by atoms with Crippen LogP contribution < -0.4 is 0 Å². The maximum atomic E-state index is 4.30. The lowest BCUT2D eigenvalue weighted by molar-refractivity contribution is 0.235. The fourth-order valence-corrected chi connectivity index (χ4v) is 3.26. The largest absolute Gasteiger partial charge is 0.317 e. The topological polar surface area (TPSA) is 34.0 Å². The normalized spacial score (nSPS) is 19.3. The average molecular weight is 349 g/mol. The van der Waals surface area contributed by atoms with Gasteiger partial charge in [0, 0.05) is 17.6 Å². The van der Waals surface area contributed by atoms with Gasteiger partial charge in [0.2, 0.25) is 0 Å². The summed E-state index contributed by atoms with van der Waals surface area (Å²) < 4.78 is 3.23. The molecule has 0 radical (unpaired) electrons. The van der Waals surface area contributed by atoms with Crippen LogP contribution in [0, 0.1) is 6.92 Å². The molecule has 1 aliphatic rings. The van der Waals surface area contributed by atoms with Gasteiger partial charge in [0.15, 0.2) is 0 Å². The van der Waals surface area contributed by atoms with E-state index in [-0.39, 0.29) is 0 Å². The monoisotopic (exact) mass is 348 g/mol. The van der Waals surface area contributed by atoms with Crippen LogP contribution in [0.3, 0.4) is 0 Å². The van der Waals surface area contributed by atoms with Gasteiger partial charge in [-0.3, -0.25) is 4.90 Å². The predicted molar refractivity (Wildman–Crippen MR) is 87.0 cm³/mol. The molecule has 1 atom stereocenters. The summed E-state index contributed by atoms with van der Waals surface area (Å²) in [5.74, 6) is 2.05. The lowest BCUT2D eigenvalue weighted by atomic mass is 10.0. The SMILES string of the molecule is Cc1nnc(CN2CCCC2Cc2ccc(Br)cc2)n1C. The Labute approximate surface area is 134 Å². The summed E-state index contributed by atoms with van der Waals surface area (Å²) in [5.41, 5.74) is 1.41. The van der Waals surface area contributed by atoms with Crippen LogP contribution in [0.5, 0.6) is 0 Å². The number of hydrogen-bond acceptors (Lipinski definition) is 3. The Balaban J connectivity index is 1.68. The van der Waals surface area contributed by atoms with E-state index in [1.807, 2.05) is 14.0 Å². The summed E-state index contributed by atoms with van der Waals surface area (Å²) in [6, 6.07) is 9.30. The highest BCUT2D eigenvalue weighted by Gasteiger charge is 2.26. The van der Waals surface area contributed by atoms with Gasteiger partial charge in [0.05, 0.1) is 6.54 Å². The van der Waals surface area contributed by atoms with Gasteiger partial charge < -0.3 is 4.57 Å². The van der Waals surface area contributed by atoms with E-state index in [4.69, 9.17) is 0 Å². The highest BCUT2D eigenvalue weighted by molar-refractivity contribution is 9.10. The molecule has 1 aromatic heterocycles. The van der Waals surface area contributed by atoms with Crippen LogP contribution in [0.2, 0.25) is 0 Å². The van der Waals surface area contributed by atoms with E-state index in [0.29, 0.717) is 6.04 Å². The Bertz CT molecular complexity index is 605. The Morgan fingerprint density at radius 3 is 2.67 bits per heavy atom. The van der Waals surface area contributed by atoms with Crippen molar-refractivity contribution < 1.29 is 0 Å². The number of likely N-dealkylation sites (tertiary alicyclic amines) is 1. The smallest absolute Gasteiger partial charge is 0.146 e. The Morgan fingerprint density at radius 1 is 1.24 bits per heavy atom. The molecule has 0 aliphatic carbocycles. The molecule has 0 bridgehead atoms. The van der Waals surface area contributed by atoms with Crippen molar-refractivity contribution in [3.63, 3.8) is 0 Å². The molecule has 1 fully saturated rings. The molecular formula is C16H21BrN4. The number of aryl methyl sites for hydroxylation is 1. The molecule has 0 amide bonds. The third-order valence-electron chi connectivity index (χ3n) is 4.41. The summed E-state index contributed by atoms with van der Waals surface area (Å²) in [6.07, 6.45) is 3.66. The van der Waals surface area contributed by atoms with E-state index in [9.17, 15) is 0 Å². The van der Waals surface area contributed by atoms with Crippen molar-refractivity contribution in [2.75, 3.05) is 6.54 Å². The second-order valence-electron chi connectivity index (χ2n) is 5.82. The first-order chi connectivity index (χ1) is 10.1. The van der Waals surface area contributed by atoms with Gasteiger partial charge in [-0.25, -0.2) is 0 Å². The minimum Gasteiger partial charge on any atom is -0.317 e. The van der Waals surface area contributed by atoms with Gasteiger partial charge in [-0.2, -0.15) is 0 Å². The van der Waals surface area contributed by atoms with Crippen molar-refractivity contribution in [1.82, 2.24) is 19.7 Å². The van der Waals surface area contributed by atoms with Crippen LogP contribution in [0.15, 0.2) is 28.7 Å². The van der Waals surface area contributed by atoms with Crippen molar-refractivity contribution in [2.24, 2.45) is 7.05 Å². The first kappa shape index (κ1) is 14.7. The average Bonchev–Trinajstić information content (AvgIpc) is 3.04. The van der Waals surface area contributed by atoms with E-state index >= 15 is 0 Å². The molecule has 1 unspecified atom stereocenters. The van der Waals surface area contributed by atoms with E-state index < -0.39 is 0 Å². The van der Waals surface area contributed by atoms with Crippen molar-refractivity contribution in [3.05, 3.63) is 46.0 Å². The quantitative estimate of drug-likeness (QED) is 0.851. The van der Waals surface area contributed by atoms with Crippen LogP contribution in [0.1, 0.15) is 30.1 Å². The van der Waals surface area contributed by atoms with Crippen LogP contribution >= 0.6 is 15.9 Å². The molecule has 1 saturated heterocycles. The molecule has 5 heteroatoms. The van der Waals surface area contributed by atoms with Crippen molar-refractivity contribution in [1.29, 1.82) is 0 Å². The van der Waals surface area contributed by atoms with Gasteiger partial charge in [0.1, 0.15) is 11.6 Å². The lowest BCUT2D eigenvalue weighted by Gasteiger charge is -2.24. The maximum Gasteiger partial charge on any atom is 0.146 e. The van der Waals surface area contributed by atoms with Gasteiger partial charge >= 0.3 is 0 Å². The molecule has 2 aromatic rings. The molecule has 0 saturated carbocycles. The first-order valence-corrected chi connectivity index (χ1v) is 8.26. The van der Waals surface area contributed by atoms with Crippen molar-refractivity contribution in [3.8, 4) is 0 Å². The zero-order valence-corrected chi connectivity index (χ0v) is 14.2. The molecule has 1 aliphatic heterocycles. The summed E-state index contributed by atoms with van der Waals surface area (Å²) in [5, 5.41) is 8.46. The van der Waals surface area contributed by atoms with Crippen molar-refractivity contribution >= 4 is 15.9 Å². The summed E-state index contributed by atoms with van der Waals surface area (Å²) in [4.78, 5) is 2.55. The van der Waals surface area contributed by atoms with Crippen LogP contribution in [-0.4, -0.2) is 32.3 Å². The molecule has 21 heavy (non-hydrogen) atoms. The fraction of sp³-hybridized carbons (Fsp3) is 0.500. The Morgan fingerprint density at radius 2 is 2.00 bits per heavy atom. The molecule has 3 rings (SSSR count). The third kappa shape index (κ3) is 3.35. The highest BCUT2D eigenvalue weighted by Crippen LogP contribution is 2.23. The third-order valence-corrected chi connectivity index (χ3v) is 4.94. The molecule has 0 spiro atoms. The van der Waals surface area contributed by atoms with Gasteiger partial charge in [-0.15, -0.1) is 10.2 Å². The number of aromatic nitrogens is 3. The molecular weight excluding hydrogens is 328 g/mol. The fourth-order valence-electron chi connectivity index (χ4n) is 3.00. The molecule has 4 nitrogen and oxygen atoms in total. The summed E-state index contributed by atoms with van der Waals surface area (Å²) in [7, 11) is 2.05. The van der Waals surface area contributed by atoms with E-state index in [2.05, 4.69) is 59.9 Å². The molecule has 112 valence electrons. The van der Waals surface area contributed by atoms with Crippen LogP contribution in [0.4, 0.5) is 0 Å². The number of benzene rings is 1. The summed E-state index contributed by atoms with van der Waals surface area (Å²) >= 11 is 3.50. The van der Waals surface area contributed by atoms with Crippen molar-refractivity contribution in [2.45, 2.75) is 38.8 Å². The number of halogens is 1. The number of rotatable bonds is 4. The first-order valence-electron chi connectivity index (χ1n) is 7.47. The van der Waals surface area contributed by atoms with E-state index in [0.717, 1.165) is 35.6 Å². The zero-order valence-electron chi connectivity index (χ0n) is 12.6. The Kier molecular flexibility index (Phi) is 4.40. The number of hydrogen-bond donors (Lipinski definition) is 0. The zero-order chi connectivity index (χ0) is 14.8.